The number of nitrogens with two attached hydrogens (primary N) is 1. The Hall–Kier alpha value is -4.45. The molecule has 1 saturated heterocycles. The number of aromatic nitrogens is 2. The van der Waals surface area contributed by atoms with Gasteiger partial charge in [-0.1, -0.05) is 42.5 Å². The predicted molar refractivity (Wildman–Crippen MR) is 181 cm³/mol. The maximum Gasteiger partial charge on any atom is 0.243 e. The van der Waals surface area contributed by atoms with Gasteiger partial charge in [0, 0.05) is 69.1 Å². The zero-order valence-electron chi connectivity index (χ0n) is 25.3. The third-order valence-electron chi connectivity index (χ3n) is 7.92. The number of sulfonamides is 1. The summed E-state index contributed by atoms with van der Waals surface area (Å²) in [4.78, 5) is 9.43. The van der Waals surface area contributed by atoms with Crippen molar-refractivity contribution in [2.75, 3.05) is 55.8 Å². The fourth-order valence-electron chi connectivity index (χ4n) is 5.32. The third kappa shape index (κ3) is 7.11. The van der Waals surface area contributed by atoms with Gasteiger partial charge in [0.05, 0.1) is 4.90 Å². The molecule has 232 valence electrons. The topological polar surface area (TPSA) is 105 Å². The largest absolute Gasteiger partial charge is 0.457 e. The van der Waals surface area contributed by atoms with E-state index in [1.165, 1.54) is 21.4 Å². The van der Waals surface area contributed by atoms with Crippen molar-refractivity contribution in [1.29, 1.82) is 0 Å². The highest BCUT2D eigenvalue weighted by molar-refractivity contribution is 7.89. The number of piperazine rings is 1. The summed E-state index contributed by atoms with van der Waals surface area (Å²) in [5, 5.41) is 0.799. The molecule has 2 heterocycles. The summed E-state index contributed by atoms with van der Waals surface area (Å²) in [7, 11) is 0.416. The lowest BCUT2D eigenvalue weighted by atomic mass is 9.91. The summed E-state index contributed by atoms with van der Waals surface area (Å²) >= 11 is 1.36. The molecule has 0 amide bonds. The van der Waals surface area contributed by atoms with Gasteiger partial charge in [0.15, 0.2) is 5.82 Å². The van der Waals surface area contributed by atoms with Crippen molar-refractivity contribution in [1.82, 2.24) is 13.7 Å². The van der Waals surface area contributed by atoms with Gasteiger partial charge in [0.25, 0.3) is 0 Å². The van der Waals surface area contributed by atoms with Gasteiger partial charge in [-0.25, -0.2) is 13.4 Å². The van der Waals surface area contributed by atoms with Gasteiger partial charge in [0.2, 0.25) is 15.2 Å². The second kappa shape index (κ2) is 13.3. The van der Waals surface area contributed by atoms with Crippen molar-refractivity contribution >= 4 is 38.1 Å². The maximum atomic E-state index is 13.4. The van der Waals surface area contributed by atoms with Crippen LogP contribution in [0.5, 0.6) is 11.5 Å². The molecule has 45 heavy (non-hydrogen) atoms. The Morgan fingerprint density at radius 3 is 2.13 bits per heavy atom. The molecule has 1 unspecified atom stereocenters. The number of para-hydroxylation sites is 1. The molecule has 1 aliphatic rings. The molecule has 6 rings (SSSR count). The Labute approximate surface area is 268 Å². The van der Waals surface area contributed by atoms with E-state index in [1.807, 2.05) is 68.7 Å². The number of rotatable bonds is 10. The van der Waals surface area contributed by atoms with Gasteiger partial charge in [0.1, 0.15) is 11.5 Å². The molecule has 1 atom stereocenters. The van der Waals surface area contributed by atoms with Gasteiger partial charge < -0.3 is 20.3 Å². The average molecular weight is 641 g/mol. The van der Waals surface area contributed by atoms with Gasteiger partial charge in [-0.05, 0) is 78.2 Å². The lowest BCUT2D eigenvalue weighted by Crippen LogP contribution is -2.48. The number of benzene rings is 4. The Kier molecular flexibility index (Phi) is 9.02. The first-order valence-corrected chi connectivity index (χ1v) is 17.0. The predicted octanol–water partition coefficient (Wildman–Crippen LogP) is 5.86. The molecule has 0 saturated carbocycles. The number of ether oxygens (including phenoxy) is 1. The molecule has 4 aromatic carbocycles. The van der Waals surface area contributed by atoms with E-state index in [0.29, 0.717) is 43.4 Å². The molecule has 0 bridgehead atoms. The van der Waals surface area contributed by atoms with E-state index in [9.17, 15) is 8.42 Å². The lowest BCUT2D eigenvalue weighted by Gasteiger charge is -2.33. The Bertz CT molecular complexity index is 1800. The van der Waals surface area contributed by atoms with Crippen LogP contribution in [0, 0.1) is 0 Å². The molecule has 2 N–H and O–H groups in total. The van der Waals surface area contributed by atoms with Crippen LogP contribution in [-0.2, 0) is 16.4 Å². The van der Waals surface area contributed by atoms with Crippen molar-refractivity contribution in [3.8, 4) is 11.5 Å². The van der Waals surface area contributed by atoms with Crippen LogP contribution >= 0.6 is 11.5 Å². The summed E-state index contributed by atoms with van der Waals surface area (Å²) in [6, 6.07) is 32.4. The van der Waals surface area contributed by atoms with E-state index in [0.717, 1.165) is 28.6 Å². The highest BCUT2D eigenvalue weighted by Gasteiger charge is 2.30. The number of anilines is 3. The van der Waals surface area contributed by atoms with E-state index in [1.54, 1.807) is 24.3 Å². The molecular weight excluding hydrogens is 605 g/mol. The first kappa shape index (κ1) is 30.6. The fourth-order valence-corrected chi connectivity index (χ4v) is 7.52. The fraction of sp³-hybridized carbons (Fsp3) is 0.235. The van der Waals surface area contributed by atoms with Crippen molar-refractivity contribution in [3.05, 3.63) is 120 Å². The van der Waals surface area contributed by atoms with Crippen LogP contribution in [0.15, 0.2) is 108 Å². The lowest BCUT2D eigenvalue weighted by molar-refractivity contribution is 0.384. The number of nitrogens with zero attached hydrogens (tertiary/aromatic N) is 5. The van der Waals surface area contributed by atoms with Crippen LogP contribution < -0.4 is 20.3 Å². The zero-order chi connectivity index (χ0) is 31.4. The van der Waals surface area contributed by atoms with Crippen LogP contribution in [0.2, 0.25) is 0 Å². The second-order valence-electron chi connectivity index (χ2n) is 11.2. The normalized spacial score (nSPS) is 14.7. The standard InChI is InChI=1S/C34H36N6O3S2/c1-38(2)28-14-8-25(9-15-28)24-32(26-10-12-27(35)13-11-26)33-36-34(44-37-33)39-20-22-40(23-21-39)45(41,42)31-18-16-30(17-19-31)43-29-6-4-3-5-7-29/h3-19,32H,20-24,35H2,1-2H3. The minimum atomic E-state index is -3.64. The quantitative estimate of drug-likeness (QED) is 0.189. The second-order valence-corrected chi connectivity index (χ2v) is 13.9. The van der Waals surface area contributed by atoms with Crippen LogP contribution in [0.4, 0.5) is 16.5 Å². The van der Waals surface area contributed by atoms with E-state index < -0.39 is 10.0 Å². The SMILES string of the molecule is CN(C)c1ccc(CC(c2ccc(N)cc2)c2nsc(N3CCN(S(=O)(=O)c4ccc(Oc5ccccc5)cc4)CC3)n2)cc1. The maximum absolute atomic E-state index is 13.4. The Morgan fingerprint density at radius 2 is 1.49 bits per heavy atom. The van der Waals surface area contributed by atoms with Crippen LogP contribution in [0.1, 0.15) is 22.9 Å². The summed E-state index contributed by atoms with van der Waals surface area (Å²) in [5.74, 6) is 1.99. The molecule has 1 aromatic heterocycles. The van der Waals surface area contributed by atoms with Gasteiger partial charge >= 0.3 is 0 Å². The first-order valence-electron chi connectivity index (χ1n) is 14.8. The van der Waals surface area contributed by atoms with E-state index >= 15 is 0 Å². The Balaban J connectivity index is 1.13. The molecule has 11 heteroatoms. The summed E-state index contributed by atoms with van der Waals surface area (Å²) < 4.78 is 39.0. The molecular formula is C34H36N6O3S2. The number of hydrogen-bond acceptors (Lipinski definition) is 9. The van der Waals surface area contributed by atoms with E-state index in [-0.39, 0.29) is 10.8 Å². The third-order valence-corrected chi connectivity index (χ3v) is 10.6. The zero-order valence-corrected chi connectivity index (χ0v) is 26.9. The minimum Gasteiger partial charge on any atom is -0.457 e. The van der Waals surface area contributed by atoms with Gasteiger partial charge in [-0.15, -0.1) is 0 Å². The van der Waals surface area contributed by atoms with Crippen molar-refractivity contribution in [2.24, 2.45) is 0 Å². The Morgan fingerprint density at radius 1 is 0.844 bits per heavy atom. The number of hydrogen-bond donors (Lipinski definition) is 1. The monoisotopic (exact) mass is 640 g/mol. The van der Waals surface area contributed by atoms with Crippen LogP contribution in [0.3, 0.4) is 0 Å². The molecule has 1 aliphatic heterocycles. The minimum absolute atomic E-state index is 0.0451. The molecule has 9 nitrogen and oxygen atoms in total. The molecule has 0 radical (unpaired) electrons. The average Bonchev–Trinajstić information content (AvgIpc) is 3.55. The van der Waals surface area contributed by atoms with Crippen molar-refractivity contribution in [2.45, 2.75) is 17.2 Å². The molecule has 0 aliphatic carbocycles. The van der Waals surface area contributed by atoms with Gasteiger partial charge in [-0.3, -0.25) is 0 Å². The first-order chi connectivity index (χ1) is 21.8. The van der Waals surface area contributed by atoms with Crippen LogP contribution in [0.25, 0.3) is 0 Å². The smallest absolute Gasteiger partial charge is 0.243 e. The summed E-state index contributed by atoms with van der Waals surface area (Å²) in [5.41, 5.74) is 10.1. The van der Waals surface area contributed by atoms with Crippen molar-refractivity contribution < 1.29 is 13.2 Å². The van der Waals surface area contributed by atoms with E-state index in [4.69, 9.17) is 19.8 Å². The summed E-state index contributed by atoms with van der Waals surface area (Å²) in [6.07, 6.45) is 0.745. The highest BCUT2D eigenvalue weighted by atomic mass is 32.2. The highest BCUT2D eigenvalue weighted by Crippen LogP contribution is 2.32. The summed E-state index contributed by atoms with van der Waals surface area (Å²) in [6.45, 7) is 1.78. The van der Waals surface area contributed by atoms with Crippen LogP contribution in [-0.4, -0.2) is 62.4 Å². The molecule has 0 spiro atoms. The van der Waals surface area contributed by atoms with E-state index in [2.05, 4.69) is 34.1 Å². The van der Waals surface area contributed by atoms with Gasteiger partial charge in [-0.2, -0.15) is 8.68 Å². The van der Waals surface area contributed by atoms with Crippen molar-refractivity contribution in [3.63, 3.8) is 0 Å². The molecule has 5 aromatic rings. The number of nitrogen functional groups attached to an aromatic ring is 1. The molecule has 1 fully saturated rings.